The summed E-state index contributed by atoms with van der Waals surface area (Å²) in [5, 5.41) is 0. The molecule has 1 aromatic rings. The van der Waals surface area contributed by atoms with Gasteiger partial charge in [0.2, 0.25) is 0 Å². The van der Waals surface area contributed by atoms with Crippen LogP contribution >= 0.6 is 0 Å². The van der Waals surface area contributed by atoms with Gasteiger partial charge in [-0.05, 0) is 49.4 Å². The number of hydrogen-bond acceptors (Lipinski definition) is 2. The van der Waals surface area contributed by atoms with E-state index in [1.165, 1.54) is 17.5 Å². The maximum absolute atomic E-state index is 6.12. The van der Waals surface area contributed by atoms with Crippen LogP contribution < -0.4 is 10.5 Å². The molecule has 1 aromatic carbocycles. The van der Waals surface area contributed by atoms with Gasteiger partial charge in [0, 0.05) is 12.5 Å². The summed E-state index contributed by atoms with van der Waals surface area (Å²) in [7, 11) is 0. The Kier molecular flexibility index (Phi) is 3.85. The van der Waals surface area contributed by atoms with Crippen molar-refractivity contribution in [1.29, 1.82) is 0 Å². The van der Waals surface area contributed by atoms with E-state index in [4.69, 9.17) is 10.5 Å². The second kappa shape index (κ2) is 5.37. The van der Waals surface area contributed by atoms with E-state index in [-0.39, 0.29) is 6.04 Å². The van der Waals surface area contributed by atoms with Gasteiger partial charge < -0.3 is 10.5 Å². The van der Waals surface area contributed by atoms with E-state index in [9.17, 15) is 0 Å². The highest BCUT2D eigenvalue weighted by molar-refractivity contribution is 5.39. The van der Waals surface area contributed by atoms with Crippen LogP contribution in [0.1, 0.15) is 43.4 Å². The molecular weight excluding hydrogens is 210 g/mol. The molecule has 0 heterocycles. The van der Waals surface area contributed by atoms with Gasteiger partial charge in [-0.2, -0.15) is 0 Å². The smallest absolute Gasteiger partial charge is 0.119 e. The number of benzene rings is 1. The molecule has 0 aromatic heterocycles. The van der Waals surface area contributed by atoms with E-state index in [2.05, 4.69) is 24.8 Å². The van der Waals surface area contributed by atoms with E-state index < -0.39 is 0 Å². The average molecular weight is 231 g/mol. The molecule has 0 radical (unpaired) electrons. The second-order valence-corrected chi connectivity index (χ2v) is 4.91. The summed E-state index contributed by atoms with van der Waals surface area (Å²) < 4.78 is 5.71. The minimum Gasteiger partial charge on any atom is -0.493 e. The highest BCUT2D eigenvalue weighted by atomic mass is 16.5. The van der Waals surface area contributed by atoms with Crippen LogP contribution in [-0.2, 0) is 6.42 Å². The molecule has 0 fully saturated rings. The van der Waals surface area contributed by atoms with Crippen LogP contribution in [0.2, 0.25) is 0 Å². The lowest BCUT2D eigenvalue weighted by molar-refractivity contribution is 0.321. The normalized spacial score (nSPS) is 18.6. The summed E-state index contributed by atoms with van der Waals surface area (Å²) in [6, 6.07) is 6.50. The Morgan fingerprint density at radius 3 is 3.12 bits per heavy atom. The minimum atomic E-state index is 0.184. The molecule has 0 bridgehead atoms. The zero-order chi connectivity index (χ0) is 12.3. The standard InChI is InChI=1S/C15H21NO/c1-11(2)8-9-17-13-7-6-12-4-3-5-15(16)14(12)10-13/h6-7,10,15H,1,3-5,8-9,16H2,2H3/t15-/m0/s1. The Labute approximate surface area is 103 Å². The largest absolute Gasteiger partial charge is 0.493 e. The van der Waals surface area contributed by atoms with Gasteiger partial charge in [0.25, 0.3) is 0 Å². The summed E-state index contributed by atoms with van der Waals surface area (Å²) in [5.74, 6) is 0.933. The lowest BCUT2D eigenvalue weighted by Crippen LogP contribution is -2.17. The first-order valence-electron chi connectivity index (χ1n) is 6.32. The first-order valence-corrected chi connectivity index (χ1v) is 6.32. The molecule has 2 N–H and O–H groups in total. The molecule has 2 nitrogen and oxygen atoms in total. The van der Waals surface area contributed by atoms with Gasteiger partial charge in [0.1, 0.15) is 5.75 Å². The summed E-state index contributed by atoms with van der Waals surface area (Å²) in [6.45, 7) is 6.59. The van der Waals surface area contributed by atoms with Gasteiger partial charge in [-0.25, -0.2) is 0 Å². The van der Waals surface area contributed by atoms with Gasteiger partial charge in [-0.1, -0.05) is 11.6 Å². The maximum atomic E-state index is 6.12. The summed E-state index contributed by atoms with van der Waals surface area (Å²) in [6.07, 6.45) is 4.34. The zero-order valence-corrected chi connectivity index (χ0v) is 10.5. The Hall–Kier alpha value is -1.28. The molecular formula is C15H21NO. The van der Waals surface area contributed by atoms with Crippen LogP contribution in [0.25, 0.3) is 0 Å². The third-order valence-electron chi connectivity index (χ3n) is 3.28. The van der Waals surface area contributed by atoms with Crippen molar-refractivity contribution in [1.82, 2.24) is 0 Å². The first kappa shape index (κ1) is 12.2. The van der Waals surface area contributed by atoms with Gasteiger partial charge in [-0.3, -0.25) is 0 Å². The van der Waals surface area contributed by atoms with Crippen LogP contribution in [0.15, 0.2) is 30.4 Å². The van der Waals surface area contributed by atoms with Crippen molar-refractivity contribution in [3.8, 4) is 5.75 Å². The van der Waals surface area contributed by atoms with E-state index in [1.54, 1.807) is 0 Å². The molecule has 1 atom stereocenters. The van der Waals surface area contributed by atoms with Gasteiger partial charge in [-0.15, -0.1) is 6.58 Å². The quantitative estimate of drug-likeness (QED) is 0.806. The molecule has 0 amide bonds. The predicted octanol–water partition coefficient (Wildman–Crippen LogP) is 3.37. The molecule has 0 saturated carbocycles. The van der Waals surface area contributed by atoms with Gasteiger partial charge >= 0.3 is 0 Å². The molecule has 2 rings (SSSR count). The molecule has 17 heavy (non-hydrogen) atoms. The third kappa shape index (κ3) is 3.10. The number of hydrogen-bond donors (Lipinski definition) is 1. The number of fused-ring (bicyclic) bond motifs is 1. The lowest BCUT2D eigenvalue weighted by atomic mass is 9.88. The summed E-state index contributed by atoms with van der Waals surface area (Å²) in [4.78, 5) is 0. The van der Waals surface area contributed by atoms with Crippen molar-refractivity contribution in [2.45, 2.75) is 38.6 Å². The van der Waals surface area contributed by atoms with Crippen molar-refractivity contribution < 1.29 is 4.74 Å². The monoisotopic (exact) mass is 231 g/mol. The summed E-state index contributed by atoms with van der Waals surface area (Å²) in [5.41, 5.74) is 9.93. The van der Waals surface area contributed by atoms with Crippen LogP contribution in [0, 0.1) is 0 Å². The highest BCUT2D eigenvalue weighted by Gasteiger charge is 2.17. The number of nitrogens with two attached hydrogens (primary N) is 1. The fourth-order valence-electron chi connectivity index (χ4n) is 2.25. The fraction of sp³-hybridized carbons (Fsp3) is 0.467. The molecule has 0 aliphatic heterocycles. The fourth-order valence-corrected chi connectivity index (χ4v) is 2.25. The maximum Gasteiger partial charge on any atom is 0.119 e. The van der Waals surface area contributed by atoms with Crippen LogP contribution in [0.5, 0.6) is 5.75 Å². The Morgan fingerprint density at radius 2 is 2.35 bits per heavy atom. The van der Waals surface area contributed by atoms with Crippen LogP contribution in [0.3, 0.4) is 0 Å². The topological polar surface area (TPSA) is 35.2 Å². The van der Waals surface area contributed by atoms with E-state index in [1.807, 2.05) is 6.92 Å². The first-order chi connectivity index (χ1) is 8.16. The predicted molar refractivity (Wildman–Crippen MR) is 71.2 cm³/mol. The van der Waals surface area contributed by atoms with Gasteiger partial charge in [0.15, 0.2) is 0 Å². The van der Waals surface area contributed by atoms with Crippen molar-refractivity contribution in [3.63, 3.8) is 0 Å². The van der Waals surface area contributed by atoms with Crippen molar-refractivity contribution in [2.24, 2.45) is 5.73 Å². The Balaban J connectivity index is 2.04. The molecule has 0 saturated heterocycles. The minimum absolute atomic E-state index is 0.184. The number of rotatable bonds is 4. The molecule has 1 aliphatic carbocycles. The molecule has 92 valence electrons. The Bertz CT molecular complexity index is 411. The van der Waals surface area contributed by atoms with Crippen LogP contribution in [0.4, 0.5) is 0 Å². The molecule has 1 aliphatic rings. The van der Waals surface area contributed by atoms with Crippen molar-refractivity contribution in [3.05, 3.63) is 41.5 Å². The average Bonchev–Trinajstić information content (AvgIpc) is 2.30. The number of aryl methyl sites for hydroxylation is 1. The SMILES string of the molecule is C=C(C)CCOc1ccc2c(c1)[C@@H](N)CCC2. The van der Waals surface area contributed by atoms with Crippen LogP contribution in [-0.4, -0.2) is 6.61 Å². The third-order valence-corrected chi connectivity index (χ3v) is 3.28. The number of ether oxygens (including phenoxy) is 1. The van der Waals surface area contributed by atoms with E-state index >= 15 is 0 Å². The zero-order valence-electron chi connectivity index (χ0n) is 10.5. The second-order valence-electron chi connectivity index (χ2n) is 4.91. The van der Waals surface area contributed by atoms with Gasteiger partial charge in [0.05, 0.1) is 6.61 Å². The lowest BCUT2D eigenvalue weighted by Gasteiger charge is -2.22. The van der Waals surface area contributed by atoms with Crippen molar-refractivity contribution >= 4 is 0 Å². The highest BCUT2D eigenvalue weighted by Crippen LogP contribution is 2.30. The van der Waals surface area contributed by atoms with Crippen molar-refractivity contribution in [2.75, 3.05) is 6.61 Å². The van der Waals surface area contributed by atoms with E-state index in [0.717, 1.165) is 30.6 Å². The molecule has 2 heteroatoms. The molecule has 0 spiro atoms. The summed E-state index contributed by atoms with van der Waals surface area (Å²) >= 11 is 0. The van der Waals surface area contributed by atoms with E-state index in [0.29, 0.717) is 6.61 Å². The molecule has 0 unspecified atom stereocenters. The Morgan fingerprint density at radius 1 is 1.53 bits per heavy atom.